The van der Waals surface area contributed by atoms with Gasteiger partial charge in [-0.3, -0.25) is 4.90 Å². The topological polar surface area (TPSA) is 19.4 Å². The average Bonchev–Trinajstić information content (AvgIpc) is 2.56. The van der Waals surface area contributed by atoms with Crippen LogP contribution in [0.5, 0.6) is 0 Å². The Balaban J connectivity index is 1.70. The van der Waals surface area contributed by atoms with Crippen molar-refractivity contribution in [3.63, 3.8) is 0 Å². The fourth-order valence-electron chi connectivity index (χ4n) is 3.35. The molecule has 0 aliphatic carbocycles. The summed E-state index contributed by atoms with van der Waals surface area (Å²) in [4.78, 5) is 9.87. The van der Waals surface area contributed by atoms with Crippen molar-refractivity contribution in [1.82, 2.24) is 9.88 Å². The molecule has 2 aromatic rings. The van der Waals surface area contributed by atoms with Gasteiger partial charge in [0.25, 0.3) is 0 Å². The lowest BCUT2D eigenvalue weighted by molar-refractivity contribution is 0.175. The monoisotopic (exact) mass is 283 g/mol. The molecule has 21 heavy (non-hydrogen) atoms. The number of hydrogen-bond donors (Lipinski definition) is 0. The zero-order valence-corrected chi connectivity index (χ0v) is 13.1. The van der Waals surface area contributed by atoms with E-state index in [1.165, 1.54) is 18.2 Å². The summed E-state index contributed by atoms with van der Waals surface area (Å²) in [6, 6.07) is 13.4. The van der Waals surface area contributed by atoms with Crippen LogP contribution in [0.4, 0.5) is 5.82 Å². The second kappa shape index (κ2) is 6.44. The van der Waals surface area contributed by atoms with Gasteiger partial charge in [-0.05, 0) is 31.0 Å². The highest BCUT2D eigenvalue weighted by molar-refractivity contribution is 5.80. The maximum atomic E-state index is 4.82. The van der Waals surface area contributed by atoms with Crippen molar-refractivity contribution in [2.24, 2.45) is 0 Å². The maximum absolute atomic E-state index is 4.82. The van der Waals surface area contributed by atoms with E-state index in [0.717, 1.165) is 43.6 Å². The van der Waals surface area contributed by atoms with Crippen LogP contribution in [0.2, 0.25) is 0 Å². The lowest BCUT2D eigenvalue weighted by Gasteiger charge is -2.39. The van der Waals surface area contributed by atoms with Gasteiger partial charge in [-0.1, -0.05) is 32.0 Å². The van der Waals surface area contributed by atoms with Crippen molar-refractivity contribution in [3.05, 3.63) is 36.4 Å². The Kier molecular flexibility index (Phi) is 4.39. The highest BCUT2D eigenvalue weighted by atomic mass is 15.3. The average molecular weight is 283 g/mol. The highest BCUT2D eigenvalue weighted by Crippen LogP contribution is 2.20. The first kappa shape index (κ1) is 14.3. The van der Waals surface area contributed by atoms with Crippen molar-refractivity contribution >= 4 is 16.7 Å². The summed E-state index contributed by atoms with van der Waals surface area (Å²) in [7, 11) is 0. The van der Waals surface area contributed by atoms with Gasteiger partial charge in [0.1, 0.15) is 5.82 Å². The van der Waals surface area contributed by atoms with Crippen molar-refractivity contribution in [2.75, 3.05) is 31.1 Å². The molecule has 1 aliphatic rings. The lowest BCUT2D eigenvalue weighted by Crippen LogP contribution is -2.50. The molecular formula is C18H25N3. The minimum Gasteiger partial charge on any atom is -0.354 e. The van der Waals surface area contributed by atoms with Crippen LogP contribution in [0.15, 0.2) is 36.4 Å². The number of rotatable bonds is 4. The van der Waals surface area contributed by atoms with Gasteiger partial charge in [0.15, 0.2) is 0 Å². The minimum absolute atomic E-state index is 0.747. The fraction of sp³-hybridized carbons (Fsp3) is 0.500. The molecular weight excluding hydrogens is 258 g/mol. The van der Waals surface area contributed by atoms with Crippen LogP contribution in [0.25, 0.3) is 10.9 Å². The van der Waals surface area contributed by atoms with Crippen LogP contribution in [0.3, 0.4) is 0 Å². The van der Waals surface area contributed by atoms with E-state index in [2.05, 4.69) is 60.0 Å². The highest BCUT2D eigenvalue weighted by Gasteiger charge is 2.22. The van der Waals surface area contributed by atoms with Crippen molar-refractivity contribution in [3.8, 4) is 0 Å². The number of nitrogens with zero attached hydrogens (tertiary/aromatic N) is 3. The van der Waals surface area contributed by atoms with Crippen LogP contribution in [-0.4, -0.2) is 42.1 Å². The molecule has 1 fully saturated rings. The molecule has 0 atom stereocenters. The summed E-state index contributed by atoms with van der Waals surface area (Å²) in [5.41, 5.74) is 1.09. The molecule has 112 valence electrons. The molecule has 1 aromatic heterocycles. The second-order valence-electron chi connectivity index (χ2n) is 5.86. The van der Waals surface area contributed by atoms with Gasteiger partial charge in [0, 0.05) is 37.6 Å². The first-order chi connectivity index (χ1) is 10.3. The fourth-order valence-corrected chi connectivity index (χ4v) is 3.35. The first-order valence-electron chi connectivity index (χ1n) is 8.16. The van der Waals surface area contributed by atoms with E-state index in [1.807, 2.05) is 0 Å². The van der Waals surface area contributed by atoms with Crippen LogP contribution in [-0.2, 0) is 0 Å². The number of benzene rings is 1. The summed E-state index contributed by atoms with van der Waals surface area (Å²) in [6.07, 6.45) is 2.51. The zero-order chi connectivity index (χ0) is 14.7. The SMILES string of the molecule is CCC(CC)N1CCN(c2ccc3ccccc3n2)CC1. The van der Waals surface area contributed by atoms with E-state index in [0.29, 0.717) is 0 Å². The lowest BCUT2D eigenvalue weighted by atomic mass is 10.1. The van der Waals surface area contributed by atoms with Gasteiger partial charge in [-0.25, -0.2) is 4.98 Å². The van der Waals surface area contributed by atoms with Gasteiger partial charge in [-0.15, -0.1) is 0 Å². The molecule has 2 heterocycles. The maximum Gasteiger partial charge on any atom is 0.129 e. The van der Waals surface area contributed by atoms with Crippen LogP contribution < -0.4 is 4.90 Å². The first-order valence-corrected chi connectivity index (χ1v) is 8.16. The van der Waals surface area contributed by atoms with E-state index >= 15 is 0 Å². The molecule has 0 radical (unpaired) electrons. The summed E-state index contributed by atoms with van der Waals surface area (Å²) in [5.74, 6) is 1.12. The van der Waals surface area contributed by atoms with E-state index in [4.69, 9.17) is 4.98 Å². The molecule has 1 saturated heterocycles. The van der Waals surface area contributed by atoms with Crippen molar-refractivity contribution in [1.29, 1.82) is 0 Å². The Morgan fingerprint density at radius 2 is 1.67 bits per heavy atom. The molecule has 1 aromatic carbocycles. The Morgan fingerprint density at radius 3 is 2.38 bits per heavy atom. The van der Waals surface area contributed by atoms with Crippen LogP contribution in [0, 0.1) is 0 Å². The Hall–Kier alpha value is -1.61. The van der Waals surface area contributed by atoms with Gasteiger partial charge >= 0.3 is 0 Å². The molecule has 3 nitrogen and oxygen atoms in total. The quantitative estimate of drug-likeness (QED) is 0.855. The number of fused-ring (bicyclic) bond motifs is 1. The third-order valence-electron chi connectivity index (χ3n) is 4.68. The summed E-state index contributed by atoms with van der Waals surface area (Å²) in [5, 5.41) is 1.22. The number of hydrogen-bond acceptors (Lipinski definition) is 3. The van der Waals surface area contributed by atoms with E-state index in [-0.39, 0.29) is 0 Å². The zero-order valence-electron chi connectivity index (χ0n) is 13.1. The summed E-state index contributed by atoms with van der Waals surface area (Å²) in [6.45, 7) is 9.07. The smallest absolute Gasteiger partial charge is 0.129 e. The van der Waals surface area contributed by atoms with Gasteiger partial charge < -0.3 is 4.90 Å². The van der Waals surface area contributed by atoms with Gasteiger partial charge in [0.2, 0.25) is 0 Å². The van der Waals surface area contributed by atoms with Crippen LogP contribution in [0.1, 0.15) is 26.7 Å². The summed E-state index contributed by atoms with van der Waals surface area (Å²) >= 11 is 0. The third kappa shape index (κ3) is 3.03. The molecule has 1 aliphatic heterocycles. The molecule has 0 amide bonds. The number of para-hydroxylation sites is 1. The molecule has 0 N–H and O–H groups in total. The number of anilines is 1. The number of aromatic nitrogens is 1. The third-order valence-corrected chi connectivity index (χ3v) is 4.68. The minimum atomic E-state index is 0.747. The normalized spacial score (nSPS) is 16.8. The Labute approximate surface area is 127 Å². The molecule has 0 unspecified atom stereocenters. The molecule has 0 spiro atoms. The number of piperazine rings is 1. The standard InChI is InChI=1S/C18H25N3/c1-3-16(4-2)20-11-13-21(14-12-20)18-10-9-15-7-5-6-8-17(15)19-18/h5-10,16H,3-4,11-14H2,1-2H3. The Morgan fingerprint density at radius 1 is 0.952 bits per heavy atom. The van der Waals surface area contributed by atoms with Crippen molar-refractivity contribution < 1.29 is 0 Å². The number of pyridine rings is 1. The predicted molar refractivity (Wildman–Crippen MR) is 89.9 cm³/mol. The molecule has 0 saturated carbocycles. The van der Waals surface area contributed by atoms with Gasteiger partial charge in [-0.2, -0.15) is 0 Å². The van der Waals surface area contributed by atoms with E-state index < -0.39 is 0 Å². The second-order valence-corrected chi connectivity index (χ2v) is 5.86. The molecule has 3 heteroatoms. The largest absolute Gasteiger partial charge is 0.354 e. The predicted octanol–water partition coefficient (Wildman–Crippen LogP) is 3.55. The van der Waals surface area contributed by atoms with Crippen LogP contribution >= 0.6 is 0 Å². The molecule has 0 bridgehead atoms. The van der Waals surface area contributed by atoms with Crippen molar-refractivity contribution in [2.45, 2.75) is 32.7 Å². The summed E-state index contributed by atoms with van der Waals surface area (Å²) < 4.78 is 0. The van der Waals surface area contributed by atoms with E-state index in [9.17, 15) is 0 Å². The van der Waals surface area contributed by atoms with E-state index in [1.54, 1.807) is 0 Å². The Bertz CT molecular complexity index is 584. The van der Waals surface area contributed by atoms with Gasteiger partial charge in [0.05, 0.1) is 5.52 Å². The molecule has 3 rings (SSSR count).